The number of carbonyl (C=O) groups excluding carboxylic acids is 2. The first-order chi connectivity index (χ1) is 15.1. The van der Waals surface area contributed by atoms with E-state index in [9.17, 15) is 22.8 Å². The highest BCUT2D eigenvalue weighted by molar-refractivity contribution is 5.97. The Kier molecular flexibility index (Phi) is 7.11. The minimum Gasteiger partial charge on any atom is -0.490 e. The average Bonchev–Trinajstić information content (AvgIpc) is 2.77. The molecule has 0 aliphatic carbocycles. The number of halogens is 3. The van der Waals surface area contributed by atoms with Crippen molar-refractivity contribution in [3.8, 4) is 5.75 Å². The molecule has 0 N–H and O–H groups in total. The van der Waals surface area contributed by atoms with E-state index in [0.29, 0.717) is 43.2 Å². The maximum Gasteiger partial charge on any atom is 0.416 e. The van der Waals surface area contributed by atoms with Crippen molar-refractivity contribution in [2.75, 3.05) is 31.1 Å². The molecule has 2 aromatic rings. The van der Waals surface area contributed by atoms with Crippen LogP contribution in [0.1, 0.15) is 48.2 Å². The zero-order chi connectivity index (χ0) is 23.5. The lowest BCUT2D eigenvalue weighted by molar-refractivity contribution is -0.137. The van der Waals surface area contributed by atoms with Crippen molar-refractivity contribution < 1.29 is 27.5 Å². The maximum atomic E-state index is 13.3. The second-order valence-corrected chi connectivity index (χ2v) is 8.17. The quantitative estimate of drug-likeness (QED) is 0.598. The molecule has 0 aromatic heterocycles. The lowest BCUT2D eigenvalue weighted by atomic mass is 9.99. The second-order valence-electron chi connectivity index (χ2n) is 8.17. The first-order valence-electron chi connectivity index (χ1n) is 10.6. The number of piperazine rings is 1. The molecule has 1 unspecified atom stereocenters. The predicted octanol–water partition coefficient (Wildman–Crippen LogP) is 4.76. The molecule has 0 saturated carbocycles. The van der Waals surface area contributed by atoms with Gasteiger partial charge in [0.05, 0.1) is 17.2 Å². The molecule has 1 atom stereocenters. The van der Waals surface area contributed by atoms with E-state index in [2.05, 4.69) is 0 Å². The summed E-state index contributed by atoms with van der Waals surface area (Å²) in [4.78, 5) is 28.1. The van der Waals surface area contributed by atoms with Crippen LogP contribution in [-0.4, -0.2) is 49.4 Å². The Morgan fingerprint density at radius 3 is 2.16 bits per heavy atom. The molecule has 32 heavy (non-hydrogen) atoms. The number of aldehydes is 1. The Morgan fingerprint density at radius 2 is 1.62 bits per heavy atom. The highest BCUT2D eigenvalue weighted by Crippen LogP contribution is 2.31. The van der Waals surface area contributed by atoms with Crippen LogP contribution in [0, 0.1) is 0 Å². The zero-order valence-corrected chi connectivity index (χ0v) is 18.4. The fourth-order valence-corrected chi connectivity index (χ4v) is 3.63. The third kappa shape index (κ3) is 5.41. The van der Waals surface area contributed by atoms with Crippen LogP contribution >= 0.6 is 0 Å². The average molecular weight is 448 g/mol. The number of carbonyl (C=O) groups is 2. The van der Waals surface area contributed by atoms with Gasteiger partial charge in [0.1, 0.15) is 12.0 Å². The van der Waals surface area contributed by atoms with E-state index in [0.717, 1.165) is 24.0 Å². The predicted molar refractivity (Wildman–Crippen MR) is 116 cm³/mol. The normalized spacial score (nSPS) is 15.6. The molecule has 1 fully saturated rings. The van der Waals surface area contributed by atoms with Crippen LogP contribution in [0.2, 0.25) is 0 Å². The van der Waals surface area contributed by atoms with Gasteiger partial charge in [-0.05, 0) is 55.8 Å². The van der Waals surface area contributed by atoms with Gasteiger partial charge in [-0.1, -0.05) is 13.0 Å². The third-order valence-electron chi connectivity index (χ3n) is 5.45. The van der Waals surface area contributed by atoms with Gasteiger partial charge in [-0.2, -0.15) is 13.2 Å². The van der Waals surface area contributed by atoms with Crippen LogP contribution in [0.5, 0.6) is 5.75 Å². The van der Waals surface area contributed by atoms with Gasteiger partial charge in [0, 0.05) is 37.8 Å². The van der Waals surface area contributed by atoms with Crippen LogP contribution in [0.4, 0.5) is 18.9 Å². The standard InChI is InChI=1S/C24H27F3N2O3/c1-16(2)32-22-9-4-18(17(3)15-30)14-21(22)23(31)29-12-10-28(11-13-29)20-7-5-19(6-8-20)24(25,26)27/h4-9,14-17H,10-13H2,1-3H3. The maximum absolute atomic E-state index is 13.3. The van der Waals surface area contributed by atoms with Gasteiger partial charge in [-0.25, -0.2) is 0 Å². The monoisotopic (exact) mass is 448 g/mol. The highest BCUT2D eigenvalue weighted by Gasteiger charge is 2.31. The molecule has 1 heterocycles. The molecule has 1 aliphatic heterocycles. The summed E-state index contributed by atoms with van der Waals surface area (Å²) in [6, 6.07) is 10.3. The summed E-state index contributed by atoms with van der Waals surface area (Å²) in [6.45, 7) is 7.37. The van der Waals surface area contributed by atoms with Crippen LogP contribution in [0.15, 0.2) is 42.5 Å². The van der Waals surface area contributed by atoms with E-state index >= 15 is 0 Å². The third-order valence-corrected chi connectivity index (χ3v) is 5.45. The summed E-state index contributed by atoms with van der Waals surface area (Å²) in [5, 5.41) is 0. The Labute approximate surface area is 185 Å². The van der Waals surface area contributed by atoms with Crippen molar-refractivity contribution in [3.05, 3.63) is 59.2 Å². The van der Waals surface area contributed by atoms with E-state index in [1.54, 1.807) is 30.0 Å². The molecular weight excluding hydrogens is 421 g/mol. The molecule has 1 aliphatic rings. The fraction of sp³-hybridized carbons (Fsp3) is 0.417. The number of hydrogen-bond acceptors (Lipinski definition) is 4. The van der Waals surface area contributed by atoms with Crippen LogP contribution in [0.3, 0.4) is 0 Å². The van der Waals surface area contributed by atoms with E-state index in [1.165, 1.54) is 12.1 Å². The van der Waals surface area contributed by atoms with E-state index in [4.69, 9.17) is 4.74 Å². The number of nitrogens with zero attached hydrogens (tertiary/aromatic N) is 2. The van der Waals surface area contributed by atoms with Gasteiger partial charge in [0.2, 0.25) is 0 Å². The van der Waals surface area contributed by atoms with Crippen molar-refractivity contribution in [1.82, 2.24) is 4.90 Å². The number of amides is 1. The van der Waals surface area contributed by atoms with Gasteiger partial charge in [-0.15, -0.1) is 0 Å². The van der Waals surface area contributed by atoms with Crippen molar-refractivity contribution in [2.45, 2.75) is 39.0 Å². The molecule has 172 valence electrons. The molecule has 0 spiro atoms. The summed E-state index contributed by atoms with van der Waals surface area (Å²) >= 11 is 0. The van der Waals surface area contributed by atoms with Gasteiger partial charge >= 0.3 is 6.18 Å². The molecule has 1 amide bonds. The van der Waals surface area contributed by atoms with Crippen LogP contribution in [-0.2, 0) is 11.0 Å². The number of hydrogen-bond donors (Lipinski definition) is 0. The fourth-order valence-electron chi connectivity index (χ4n) is 3.63. The number of ether oxygens (including phenoxy) is 1. The first kappa shape index (κ1) is 23.6. The summed E-state index contributed by atoms with van der Waals surface area (Å²) in [7, 11) is 0. The van der Waals surface area contributed by atoms with Gasteiger partial charge in [0.25, 0.3) is 5.91 Å². The van der Waals surface area contributed by atoms with E-state index < -0.39 is 11.7 Å². The van der Waals surface area contributed by atoms with Crippen molar-refractivity contribution in [1.29, 1.82) is 0 Å². The van der Waals surface area contributed by atoms with E-state index in [-0.39, 0.29) is 17.9 Å². The minimum absolute atomic E-state index is 0.118. The largest absolute Gasteiger partial charge is 0.490 e. The zero-order valence-electron chi connectivity index (χ0n) is 18.4. The summed E-state index contributed by atoms with van der Waals surface area (Å²) in [5.41, 5.74) is 1.16. The summed E-state index contributed by atoms with van der Waals surface area (Å²) in [6.07, 6.45) is -3.66. The molecule has 1 saturated heterocycles. The van der Waals surface area contributed by atoms with Crippen LogP contribution in [0.25, 0.3) is 0 Å². The lowest BCUT2D eigenvalue weighted by Gasteiger charge is -2.36. The summed E-state index contributed by atoms with van der Waals surface area (Å²) < 4.78 is 44.2. The molecule has 3 rings (SSSR count). The van der Waals surface area contributed by atoms with Crippen LogP contribution < -0.4 is 9.64 Å². The molecule has 2 aromatic carbocycles. The lowest BCUT2D eigenvalue weighted by Crippen LogP contribution is -2.48. The topological polar surface area (TPSA) is 49.9 Å². The van der Waals surface area contributed by atoms with Gasteiger partial charge in [0.15, 0.2) is 0 Å². The highest BCUT2D eigenvalue weighted by atomic mass is 19.4. The summed E-state index contributed by atoms with van der Waals surface area (Å²) in [5.74, 6) is -0.0594. The molecule has 0 radical (unpaired) electrons. The number of rotatable bonds is 6. The van der Waals surface area contributed by atoms with Crippen molar-refractivity contribution in [3.63, 3.8) is 0 Å². The second kappa shape index (κ2) is 9.63. The molecule has 8 heteroatoms. The Morgan fingerprint density at radius 1 is 1.00 bits per heavy atom. The van der Waals surface area contributed by atoms with E-state index in [1.807, 2.05) is 18.7 Å². The smallest absolute Gasteiger partial charge is 0.416 e. The molecular formula is C24H27F3N2O3. The minimum atomic E-state index is -4.37. The molecule has 5 nitrogen and oxygen atoms in total. The number of benzene rings is 2. The first-order valence-corrected chi connectivity index (χ1v) is 10.6. The number of alkyl halides is 3. The Bertz CT molecular complexity index is 950. The van der Waals surface area contributed by atoms with Crippen molar-refractivity contribution in [2.24, 2.45) is 0 Å². The molecule has 0 bridgehead atoms. The van der Waals surface area contributed by atoms with Gasteiger partial charge in [-0.3, -0.25) is 4.79 Å². The SMILES string of the molecule is CC(C)Oc1ccc(C(C)C=O)cc1C(=O)N1CCN(c2ccc(C(F)(F)F)cc2)CC1. The van der Waals surface area contributed by atoms with Crippen molar-refractivity contribution >= 4 is 17.9 Å². The Balaban J connectivity index is 1.74. The van der Waals surface area contributed by atoms with Gasteiger partial charge < -0.3 is 19.3 Å². The Hall–Kier alpha value is -3.03. The number of anilines is 1.